The van der Waals surface area contributed by atoms with Crippen molar-refractivity contribution >= 4 is 21.6 Å². The van der Waals surface area contributed by atoms with Gasteiger partial charge >= 0.3 is 0 Å². The zero-order valence-corrected chi connectivity index (χ0v) is 8.72. The SMILES string of the molecule is NN.NS(=O)(=O)c1ccc(Cl)cc1.O. The van der Waals surface area contributed by atoms with Gasteiger partial charge in [-0.1, -0.05) is 11.6 Å². The minimum atomic E-state index is -3.58. The second-order valence-corrected chi connectivity index (χ2v) is 4.00. The molecule has 0 unspecified atom stereocenters. The Morgan fingerprint density at radius 3 is 1.71 bits per heavy atom. The third-order valence-electron chi connectivity index (χ3n) is 1.14. The first kappa shape index (κ1) is 15.8. The highest BCUT2D eigenvalue weighted by Crippen LogP contribution is 2.11. The van der Waals surface area contributed by atoms with E-state index in [1.54, 1.807) is 0 Å². The van der Waals surface area contributed by atoms with Gasteiger partial charge in [0.25, 0.3) is 0 Å². The number of hydrogen-bond acceptors (Lipinski definition) is 4. The van der Waals surface area contributed by atoms with Gasteiger partial charge < -0.3 is 5.48 Å². The third-order valence-corrected chi connectivity index (χ3v) is 2.32. The minimum absolute atomic E-state index is 0. The molecule has 0 atom stereocenters. The van der Waals surface area contributed by atoms with Gasteiger partial charge in [0.15, 0.2) is 0 Å². The Kier molecular flexibility index (Phi) is 7.55. The molecule has 0 saturated carbocycles. The highest BCUT2D eigenvalue weighted by Gasteiger charge is 2.05. The van der Waals surface area contributed by atoms with Crippen molar-refractivity contribution in [1.29, 1.82) is 0 Å². The van der Waals surface area contributed by atoms with Crippen LogP contribution in [0.25, 0.3) is 0 Å². The number of hydrazine groups is 1. The average molecular weight is 242 g/mol. The molecule has 82 valence electrons. The van der Waals surface area contributed by atoms with Gasteiger partial charge in [-0.3, -0.25) is 11.7 Å². The molecule has 0 saturated heterocycles. The molecule has 0 aliphatic rings. The van der Waals surface area contributed by atoms with Gasteiger partial charge in [-0.25, -0.2) is 13.6 Å². The van der Waals surface area contributed by atoms with E-state index in [4.69, 9.17) is 16.7 Å². The minimum Gasteiger partial charge on any atom is -0.412 e. The highest BCUT2D eigenvalue weighted by molar-refractivity contribution is 7.89. The van der Waals surface area contributed by atoms with Crippen LogP contribution in [-0.4, -0.2) is 13.9 Å². The number of sulfonamides is 1. The van der Waals surface area contributed by atoms with Crippen LogP contribution in [0.1, 0.15) is 0 Å². The third kappa shape index (κ3) is 5.12. The van der Waals surface area contributed by atoms with Crippen molar-refractivity contribution in [1.82, 2.24) is 0 Å². The van der Waals surface area contributed by atoms with Gasteiger partial charge in [-0.2, -0.15) is 0 Å². The fourth-order valence-electron chi connectivity index (χ4n) is 0.624. The standard InChI is InChI=1S/C6H6ClNO2S.H4N2.H2O/c7-5-1-3-6(4-2-5)11(8,9)10;1-2;/h1-4H,(H2,8,9,10);1-2H2;1H2. The maximum absolute atomic E-state index is 10.7. The predicted molar refractivity (Wildman–Crippen MR) is 54.8 cm³/mol. The molecule has 1 aromatic carbocycles. The average Bonchev–Trinajstić information content (AvgIpc) is 2.07. The fourth-order valence-corrected chi connectivity index (χ4v) is 1.27. The molecule has 0 radical (unpaired) electrons. The Morgan fingerprint density at radius 2 is 1.43 bits per heavy atom. The topological polar surface area (TPSA) is 144 Å². The molecule has 0 amide bonds. The summed E-state index contributed by atoms with van der Waals surface area (Å²) in [6.45, 7) is 0. The lowest BCUT2D eigenvalue weighted by Gasteiger charge is -1.95. The predicted octanol–water partition coefficient (Wildman–Crippen LogP) is -1.02. The molecule has 1 aromatic rings. The molecule has 0 heterocycles. The number of nitrogens with two attached hydrogens (primary N) is 3. The lowest BCUT2D eigenvalue weighted by Crippen LogP contribution is -2.11. The van der Waals surface area contributed by atoms with E-state index < -0.39 is 10.0 Å². The van der Waals surface area contributed by atoms with Crippen LogP contribution in [0.5, 0.6) is 0 Å². The van der Waals surface area contributed by atoms with E-state index >= 15 is 0 Å². The zero-order valence-electron chi connectivity index (χ0n) is 7.14. The van der Waals surface area contributed by atoms with Crippen molar-refractivity contribution < 1.29 is 13.9 Å². The molecule has 0 aliphatic heterocycles. The van der Waals surface area contributed by atoms with Gasteiger partial charge in [0.2, 0.25) is 10.0 Å². The normalized spacial score (nSPS) is 9.43. The second kappa shape index (κ2) is 6.71. The summed E-state index contributed by atoms with van der Waals surface area (Å²) in [6.07, 6.45) is 0. The van der Waals surface area contributed by atoms with Crippen molar-refractivity contribution in [2.75, 3.05) is 0 Å². The largest absolute Gasteiger partial charge is 0.412 e. The maximum Gasteiger partial charge on any atom is 0.238 e. The van der Waals surface area contributed by atoms with Crippen molar-refractivity contribution in [3.63, 3.8) is 0 Å². The quantitative estimate of drug-likeness (QED) is 0.427. The van der Waals surface area contributed by atoms with E-state index in [9.17, 15) is 8.42 Å². The summed E-state index contributed by atoms with van der Waals surface area (Å²) >= 11 is 5.53. The van der Waals surface area contributed by atoms with Gasteiger partial charge in [0.1, 0.15) is 0 Å². The fraction of sp³-hybridized carbons (Fsp3) is 0. The van der Waals surface area contributed by atoms with Gasteiger partial charge in [0, 0.05) is 5.02 Å². The van der Waals surface area contributed by atoms with Crippen molar-refractivity contribution in [3.05, 3.63) is 29.3 Å². The van der Waals surface area contributed by atoms with Crippen LogP contribution in [0.15, 0.2) is 29.2 Å². The molecule has 0 spiro atoms. The second-order valence-electron chi connectivity index (χ2n) is 2.00. The summed E-state index contributed by atoms with van der Waals surface area (Å²) in [4.78, 5) is 0.0712. The molecule has 8 N–H and O–H groups in total. The van der Waals surface area contributed by atoms with Crippen LogP contribution in [0.4, 0.5) is 0 Å². The van der Waals surface area contributed by atoms with E-state index in [0.717, 1.165) is 0 Å². The van der Waals surface area contributed by atoms with Gasteiger partial charge in [-0.15, -0.1) is 0 Å². The lowest BCUT2D eigenvalue weighted by molar-refractivity contribution is 0.598. The summed E-state index contributed by atoms with van der Waals surface area (Å²) in [5.74, 6) is 8.00. The van der Waals surface area contributed by atoms with Crippen LogP contribution in [-0.2, 0) is 10.0 Å². The van der Waals surface area contributed by atoms with Crippen LogP contribution in [0, 0.1) is 0 Å². The molecule has 0 aliphatic carbocycles. The lowest BCUT2D eigenvalue weighted by atomic mass is 10.4. The van der Waals surface area contributed by atoms with E-state index in [2.05, 4.69) is 11.7 Å². The Bertz CT molecular complexity index is 351. The number of primary sulfonamides is 1. The Hall–Kier alpha value is -0.700. The summed E-state index contributed by atoms with van der Waals surface area (Å²) in [5, 5.41) is 5.32. The van der Waals surface area contributed by atoms with Gasteiger partial charge in [-0.05, 0) is 24.3 Å². The first-order chi connectivity index (χ1) is 6.00. The Balaban J connectivity index is 0. The summed E-state index contributed by atoms with van der Waals surface area (Å²) in [5.41, 5.74) is 0. The molecule has 6 nitrogen and oxygen atoms in total. The zero-order chi connectivity index (χ0) is 10.5. The van der Waals surface area contributed by atoms with E-state index in [1.807, 2.05) is 0 Å². The molecule has 0 fully saturated rings. The van der Waals surface area contributed by atoms with Crippen molar-refractivity contribution in [3.8, 4) is 0 Å². The molecule has 1 rings (SSSR count). The number of halogens is 1. The number of hydrogen-bond donors (Lipinski definition) is 3. The summed E-state index contributed by atoms with van der Waals surface area (Å²) in [6, 6.07) is 5.66. The molecule has 14 heavy (non-hydrogen) atoms. The van der Waals surface area contributed by atoms with E-state index in [1.165, 1.54) is 24.3 Å². The van der Waals surface area contributed by atoms with Gasteiger partial charge in [0.05, 0.1) is 4.90 Å². The molecule has 8 heteroatoms. The maximum atomic E-state index is 10.7. The Morgan fingerprint density at radius 1 is 1.07 bits per heavy atom. The number of benzene rings is 1. The first-order valence-electron chi connectivity index (χ1n) is 3.12. The smallest absolute Gasteiger partial charge is 0.238 e. The van der Waals surface area contributed by atoms with Crippen LogP contribution in [0.3, 0.4) is 0 Å². The molecular weight excluding hydrogens is 230 g/mol. The Labute approximate surface area is 87.0 Å². The van der Waals surface area contributed by atoms with E-state index in [-0.39, 0.29) is 10.4 Å². The molecule has 0 aromatic heterocycles. The summed E-state index contributed by atoms with van der Waals surface area (Å²) in [7, 11) is -3.58. The monoisotopic (exact) mass is 241 g/mol. The summed E-state index contributed by atoms with van der Waals surface area (Å²) < 4.78 is 21.4. The van der Waals surface area contributed by atoms with E-state index in [0.29, 0.717) is 5.02 Å². The van der Waals surface area contributed by atoms with Crippen molar-refractivity contribution in [2.24, 2.45) is 16.8 Å². The molecule has 0 bridgehead atoms. The number of rotatable bonds is 1. The van der Waals surface area contributed by atoms with Crippen molar-refractivity contribution in [2.45, 2.75) is 4.90 Å². The molecular formula is C6H12ClN3O3S. The first-order valence-corrected chi connectivity index (χ1v) is 5.04. The van der Waals surface area contributed by atoms with Crippen LogP contribution >= 0.6 is 11.6 Å². The van der Waals surface area contributed by atoms with Crippen LogP contribution in [0.2, 0.25) is 5.02 Å². The van der Waals surface area contributed by atoms with Crippen LogP contribution < -0.4 is 16.8 Å². The highest BCUT2D eigenvalue weighted by atomic mass is 35.5.